The van der Waals surface area contributed by atoms with Gasteiger partial charge in [-0.05, 0) is 37.1 Å². The van der Waals surface area contributed by atoms with Crippen molar-refractivity contribution in [2.45, 2.75) is 32.4 Å². The van der Waals surface area contributed by atoms with Crippen LogP contribution in [0, 0.1) is 17.6 Å². The molecule has 2 unspecified atom stereocenters. The first-order chi connectivity index (χ1) is 11.2. The molecule has 2 aromatic carbocycles. The predicted molar refractivity (Wildman–Crippen MR) is 90.1 cm³/mol. The van der Waals surface area contributed by atoms with Gasteiger partial charge in [-0.3, -0.25) is 4.79 Å². The Balaban J connectivity index is 2.13. The molecule has 24 heavy (non-hydrogen) atoms. The summed E-state index contributed by atoms with van der Waals surface area (Å²) in [6.07, 6.45) is 0. The summed E-state index contributed by atoms with van der Waals surface area (Å²) in [5.74, 6) is -2.58. The maximum absolute atomic E-state index is 13.4. The molecule has 2 rings (SSSR count). The summed E-state index contributed by atoms with van der Waals surface area (Å²) < 4.78 is 26.5. The minimum Gasteiger partial charge on any atom is -0.347 e. The van der Waals surface area contributed by atoms with E-state index in [0.29, 0.717) is 5.56 Å². The van der Waals surface area contributed by atoms with Crippen molar-refractivity contribution in [1.82, 2.24) is 5.32 Å². The van der Waals surface area contributed by atoms with Crippen LogP contribution in [0.15, 0.2) is 48.5 Å². The van der Waals surface area contributed by atoms with E-state index in [0.717, 1.165) is 17.7 Å². The average molecular weight is 332 g/mol. The fourth-order valence-electron chi connectivity index (χ4n) is 2.51. The van der Waals surface area contributed by atoms with E-state index in [1.807, 2.05) is 30.3 Å². The van der Waals surface area contributed by atoms with E-state index < -0.39 is 29.1 Å². The number of hydrogen-bond donors (Lipinski definition) is 2. The minimum absolute atomic E-state index is 0.249. The molecule has 0 radical (unpaired) electrons. The maximum atomic E-state index is 13.4. The molecule has 2 atom stereocenters. The summed E-state index contributed by atoms with van der Waals surface area (Å²) in [6.45, 7) is 5.21. The normalized spacial score (nSPS) is 14.1. The van der Waals surface area contributed by atoms with Crippen molar-refractivity contribution in [2.75, 3.05) is 0 Å². The zero-order valence-electron chi connectivity index (χ0n) is 14.0. The third-order valence-corrected chi connectivity index (χ3v) is 4.21. The lowest BCUT2D eigenvalue weighted by molar-refractivity contribution is -0.126. The van der Waals surface area contributed by atoms with Gasteiger partial charge in [0.1, 0.15) is 0 Å². The zero-order valence-corrected chi connectivity index (χ0v) is 14.0. The van der Waals surface area contributed by atoms with Crippen LogP contribution in [-0.2, 0) is 10.3 Å². The maximum Gasteiger partial charge on any atom is 0.225 e. The van der Waals surface area contributed by atoms with Crippen molar-refractivity contribution in [3.63, 3.8) is 0 Å². The molecule has 3 nitrogen and oxygen atoms in total. The lowest BCUT2D eigenvalue weighted by atomic mass is 9.90. The minimum atomic E-state index is -0.941. The first-order valence-electron chi connectivity index (χ1n) is 7.80. The van der Waals surface area contributed by atoms with Crippen LogP contribution in [0.5, 0.6) is 0 Å². The second kappa shape index (κ2) is 7.09. The first kappa shape index (κ1) is 18.1. The molecule has 2 aromatic rings. The molecule has 0 aliphatic heterocycles. The van der Waals surface area contributed by atoms with Gasteiger partial charge in [0.25, 0.3) is 0 Å². The molecule has 0 saturated carbocycles. The van der Waals surface area contributed by atoms with E-state index in [-0.39, 0.29) is 5.91 Å². The summed E-state index contributed by atoms with van der Waals surface area (Å²) in [7, 11) is 0. The van der Waals surface area contributed by atoms with Crippen LogP contribution in [-0.4, -0.2) is 5.91 Å². The van der Waals surface area contributed by atoms with Crippen molar-refractivity contribution in [2.24, 2.45) is 11.7 Å². The van der Waals surface area contributed by atoms with E-state index >= 15 is 0 Å². The van der Waals surface area contributed by atoms with E-state index in [9.17, 15) is 13.6 Å². The van der Waals surface area contributed by atoms with Crippen molar-refractivity contribution in [3.05, 3.63) is 71.3 Å². The van der Waals surface area contributed by atoms with Gasteiger partial charge in [-0.2, -0.15) is 0 Å². The average Bonchev–Trinajstić information content (AvgIpc) is 2.56. The lowest BCUT2D eigenvalue weighted by Crippen LogP contribution is -2.45. The van der Waals surface area contributed by atoms with Crippen LogP contribution in [0.4, 0.5) is 8.78 Å². The highest BCUT2D eigenvalue weighted by Gasteiger charge is 2.29. The third kappa shape index (κ3) is 3.97. The number of benzene rings is 2. The Labute approximate surface area is 140 Å². The number of halogens is 2. The SMILES string of the molecule is CC(C(=O)NC(C)(C)c1ccc(F)c(F)c1)C(N)c1ccccc1. The summed E-state index contributed by atoms with van der Waals surface area (Å²) in [4.78, 5) is 12.5. The molecule has 128 valence electrons. The Bertz CT molecular complexity index is 717. The van der Waals surface area contributed by atoms with Crippen LogP contribution in [0.25, 0.3) is 0 Å². The first-order valence-corrected chi connectivity index (χ1v) is 7.80. The van der Waals surface area contributed by atoms with Gasteiger partial charge in [-0.1, -0.05) is 43.3 Å². The van der Waals surface area contributed by atoms with Crippen molar-refractivity contribution in [3.8, 4) is 0 Å². The van der Waals surface area contributed by atoms with Crippen LogP contribution < -0.4 is 11.1 Å². The number of amides is 1. The van der Waals surface area contributed by atoms with Gasteiger partial charge in [-0.15, -0.1) is 0 Å². The molecule has 0 aliphatic rings. The standard InChI is InChI=1S/C19H22F2N2O/c1-12(17(22)13-7-5-4-6-8-13)18(24)23-19(2,3)14-9-10-15(20)16(21)11-14/h4-12,17H,22H2,1-3H3,(H,23,24). The molecular formula is C19H22F2N2O. The van der Waals surface area contributed by atoms with Gasteiger partial charge in [-0.25, -0.2) is 8.78 Å². The topological polar surface area (TPSA) is 55.1 Å². The second-order valence-corrected chi connectivity index (χ2v) is 6.47. The molecule has 0 aromatic heterocycles. The fraction of sp³-hybridized carbons (Fsp3) is 0.316. The number of carbonyl (C=O) groups excluding carboxylic acids is 1. The Morgan fingerprint density at radius 1 is 1.08 bits per heavy atom. The molecule has 0 heterocycles. The van der Waals surface area contributed by atoms with Gasteiger partial charge in [0.05, 0.1) is 11.5 Å². The molecular weight excluding hydrogens is 310 g/mol. The lowest BCUT2D eigenvalue weighted by Gasteiger charge is -2.30. The van der Waals surface area contributed by atoms with Crippen LogP contribution in [0.2, 0.25) is 0 Å². The molecule has 3 N–H and O–H groups in total. The van der Waals surface area contributed by atoms with Crippen LogP contribution in [0.1, 0.15) is 37.9 Å². The number of rotatable bonds is 5. The number of carbonyl (C=O) groups is 1. The number of nitrogens with two attached hydrogens (primary N) is 1. The summed E-state index contributed by atoms with van der Waals surface area (Å²) in [5, 5.41) is 2.86. The van der Waals surface area contributed by atoms with Crippen molar-refractivity contribution >= 4 is 5.91 Å². The fourth-order valence-corrected chi connectivity index (χ4v) is 2.51. The van der Waals surface area contributed by atoms with E-state index in [2.05, 4.69) is 5.32 Å². The monoisotopic (exact) mass is 332 g/mol. The Hall–Kier alpha value is -2.27. The quantitative estimate of drug-likeness (QED) is 0.878. The Morgan fingerprint density at radius 2 is 1.71 bits per heavy atom. The molecule has 0 spiro atoms. The van der Waals surface area contributed by atoms with Crippen LogP contribution >= 0.6 is 0 Å². The summed E-state index contributed by atoms with van der Waals surface area (Å²) in [5.41, 5.74) is 6.67. The summed E-state index contributed by atoms with van der Waals surface area (Å²) >= 11 is 0. The molecule has 1 amide bonds. The Morgan fingerprint density at radius 3 is 2.29 bits per heavy atom. The second-order valence-electron chi connectivity index (χ2n) is 6.47. The molecule has 0 fully saturated rings. The highest BCUT2D eigenvalue weighted by molar-refractivity contribution is 5.80. The summed E-state index contributed by atoms with van der Waals surface area (Å²) in [6, 6.07) is 12.5. The number of hydrogen-bond acceptors (Lipinski definition) is 2. The van der Waals surface area contributed by atoms with Gasteiger partial charge in [0, 0.05) is 6.04 Å². The smallest absolute Gasteiger partial charge is 0.225 e. The molecule has 0 aliphatic carbocycles. The van der Waals surface area contributed by atoms with Gasteiger partial charge >= 0.3 is 0 Å². The van der Waals surface area contributed by atoms with Gasteiger partial charge in [0.2, 0.25) is 5.91 Å². The van der Waals surface area contributed by atoms with Crippen molar-refractivity contribution in [1.29, 1.82) is 0 Å². The molecule has 5 heteroatoms. The highest BCUT2D eigenvalue weighted by atomic mass is 19.2. The number of nitrogens with one attached hydrogen (secondary N) is 1. The van der Waals surface area contributed by atoms with Crippen molar-refractivity contribution < 1.29 is 13.6 Å². The molecule has 0 saturated heterocycles. The van der Waals surface area contributed by atoms with E-state index in [1.54, 1.807) is 20.8 Å². The predicted octanol–water partition coefficient (Wildman–Crippen LogP) is 3.65. The molecule has 0 bridgehead atoms. The van der Waals surface area contributed by atoms with E-state index in [1.165, 1.54) is 6.07 Å². The third-order valence-electron chi connectivity index (χ3n) is 4.21. The Kier molecular flexibility index (Phi) is 5.34. The largest absolute Gasteiger partial charge is 0.347 e. The highest BCUT2D eigenvalue weighted by Crippen LogP contribution is 2.25. The zero-order chi connectivity index (χ0) is 17.9. The van der Waals surface area contributed by atoms with Gasteiger partial charge in [0.15, 0.2) is 11.6 Å². The van der Waals surface area contributed by atoms with Crippen LogP contribution in [0.3, 0.4) is 0 Å². The van der Waals surface area contributed by atoms with E-state index in [4.69, 9.17) is 5.73 Å². The van der Waals surface area contributed by atoms with Gasteiger partial charge < -0.3 is 11.1 Å².